The Morgan fingerprint density at radius 1 is 0.903 bits per heavy atom. The minimum absolute atomic E-state index is 0.793. The molecule has 6 heteroatoms. The Kier molecular flexibility index (Phi) is 6.20. The van der Waals surface area contributed by atoms with E-state index in [0.717, 1.165) is 86.5 Å². The largest absolute Gasteiger partial charge is 0.380 e. The van der Waals surface area contributed by atoms with Gasteiger partial charge in [0.25, 0.3) is 0 Å². The number of H-pyrrole nitrogens is 1. The maximum atomic E-state index is 5.82. The van der Waals surface area contributed by atoms with E-state index >= 15 is 0 Å². The van der Waals surface area contributed by atoms with Gasteiger partial charge in [-0.2, -0.15) is 0 Å². The van der Waals surface area contributed by atoms with Crippen molar-refractivity contribution in [2.45, 2.75) is 12.8 Å². The van der Waals surface area contributed by atoms with Crippen LogP contribution in [0.25, 0.3) is 32.9 Å². The topological polar surface area (TPSA) is 66.1 Å². The van der Waals surface area contributed by atoms with Crippen LogP contribution in [0.3, 0.4) is 0 Å². The molecule has 1 saturated heterocycles. The number of nitrogens with one attached hydrogen (secondary N) is 2. The first kappa shape index (κ1) is 20.1. The normalized spacial score (nSPS) is 15.1. The van der Waals surface area contributed by atoms with Gasteiger partial charge < -0.3 is 15.0 Å². The zero-order chi connectivity index (χ0) is 20.9. The third-order valence-corrected chi connectivity index (χ3v) is 6.04. The van der Waals surface area contributed by atoms with Crippen LogP contribution in [0, 0.1) is 0 Å². The molecule has 0 saturated carbocycles. The van der Waals surface area contributed by atoms with Crippen LogP contribution >= 0.6 is 0 Å². The van der Waals surface area contributed by atoms with E-state index in [1.54, 1.807) is 0 Å². The number of benzene rings is 1. The van der Waals surface area contributed by atoms with Gasteiger partial charge in [-0.25, -0.2) is 0 Å². The molecule has 0 unspecified atom stereocenters. The second-order valence-electron chi connectivity index (χ2n) is 8.15. The van der Waals surface area contributed by atoms with Gasteiger partial charge in [-0.3, -0.25) is 14.9 Å². The molecule has 0 aliphatic carbocycles. The van der Waals surface area contributed by atoms with Crippen molar-refractivity contribution in [2.24, 2.45) is 0 Å². The first-order chi connectivity index (χ1) is 15.4. The molecule has 2 N–H and O–H groups in total. The van der Waals surface area contributed by atoms with Crippen LogP contribution in [0.4, 0.5) is 0 Å². The number of fused-ring (bicyclic) bond motifs is 3. The van der Waals surface area contributed by atoms with Gasteiger partial charge in [-0.05, 0) is 36.6 Å². The molecule has 0 spiro atoms. The van der Waals surface area contributed by atoms with Crippen LogP contribution in [-0.4, -0.2) is 65.8 Å². The molecule has 0 atom stereocenters. The number of aromatic amines is 1. The van der Waals surface area contributed by atoms with E-state index in [1.165, 1.54) is 10.9 Å². The maximum Gasteiger partial charge on any atom is 0.0593 e. The van der Waals surface area contributed by atoms with Crippen LogP contribution in [0.1, 0.15) is 12.1 Å². The number of rotatable bonds is 8. The van der Waals surface area contributed by atoms with Gasteiger partial charge in [0.2, 0.25) is 0 Å². The molecule has 31 heavy (non-hydrogen) atoms. The quantitative estimate of drug-likeness (QED) is 0.430. The minimum atomic E-state index is 0.793. The molecule has 3 aromatic heterocycles. The standard InChI is InChI=1S/C25H29N5O/c1(14-31-15-13-30-11-9-26-10-12-30)2-21-5-3-20(17-28-21)19-4-6-22-23-18-27-8-7-24(23)29-25(22)16-19/h3-8,16-18,26,29H,1-2,9-15H2. The Labute approximate surface area is 182 Å². The molecule has 1 aliphatic rings. The van der Waals surface area contributed by atoms with Gasteiger partial charge in [0.05, 0.1) is 6.61 Å². The van der Waals surface area contributed by atoms with Crippen molar-refractivity contribution in [1.82, 2.24) is 25.2 Å². The summed E-state index contributed by atoms with van der Waals surface area (Å²) in [6.45, 7) is 7.09. The molecule has 4 aromatic rings. The van der Waals surface area contributed by atoms with Crippen molar-refractivity contribution >= 4 is 21.8 Å². The SMILES string of the molecule is c1cc2[nH]c3cc(-c4ccc(CCCOCCN5CCNCC5)nc4)ccc3c2cn1. The average Bonchev–Trinajstić information content (AvgIpc) is 3.20. The van der Waals surface area contributed by atoms with E-state index in [2.05, 4.69) is 55.5 Å². The van der Waals surface area contributed by atoms with E-state index in [1.807, 2.05) is 24.7 Å². The average molecular weight is 416 g/mol. The fraction of sp³-hybridized carbons (Fsp3) is 0.360. The zero-order valence-electron chi connectivity index (χ0n) is 17.8. The number of nitrogens with zero attached hydrogens (tertiary/aromatic N) is 3. The molecule has 0 bridgehead atoms. The van der Waals surface area contributed by atoms with Gasteiger partial charge in [-0.15, -0.1) is 0 Å². The lowest BCUT2D eigenvalue weighted by Crippen LogP contribution is -2.44. The van der Waals surface area contributed by atoms with E-state index in [0.29, 0.717) is 0 Å². The van der Waals surface area contributed by atoms with Crippen molar-refractivity contribution in [2.75, 3.05) is 45.9 Å². The fourth-order valence-corrected chi connectivity index (χ4v) is 4.25. The van der Waals surface area contributed by atoms with Gasteiger partial charge in [-0.1, -0.05) is 18.2 Å². The maximum absolute atomic E-state index is 5.82. The monoisotopic (exact) mass is 415 g/mol. The van der Waals surface area contributed by atoms with Gasteiger partial charge in [0, 0.05) is 91.0 Å². The van der Waals surface area contributed by atoms with Crippen molar-refractivity contribution in [3.8, 4) is 11.1 Å². The summed E-state index contributed by atoms with van der Waals surface area (Å²) in [5.74, 6) is 0. The van der Waals surface area contributed by atoms with Crippen molar-refractivity contribution < 1.29 is 4.74 Å². The first-order valence-electron chi connectivity index (χ1n) is 11.2. The Morgan fingerprint density at radius 2 is 1.81 bits per heavy atom. The summed E-state index contributed by atoms with van der Waals surface area (Å²) >= 11 is 0. The summed E-state index contributed by atoms with van der Waals surface area (Å²) in [4.78, 5) is 14.9. The third-order valence-electron chi connectivity index (χ3n) is 6.04. The summed E-state index contributed by atoms with van der Waals surface area (Å²) in [7, 11) is 0. The molecule has 6 nitrogen and oxygen atoms in total. The second-order valence-corrected chi connectivity index (χ2v) is 8.15. The number of pyridine rings is 2. The number of hydrogen-bond donors (Lipinski definition) is 2. The lowest BCUT2D eigenvalue weighted by atomic mass is 10.0. The smallest absolute Gasteiger partial charge is 0.0593 e. The predicted molar refractivity (Wildman–Crippen MR) is 125 cm³/mol. The Bertz CT molecular complexity index is 1130. The number of ether oxygens (including phenoxy) is 1. The fourth-order valence-electron chi connectivity index (χ4n) is 4.25. The van der Waals surface area contributed by atoms with Crippen LogP contribution < -0.4 is 5.32 Å². The number of aromatic nitrogens is 3. The first-order valence-corrected chi connectivity index (χ1v) is 11.2. The number of piperazine rings is 1. The van der Waals surface area contributed by atoms with Gasteiger partial charge in [0.15, 0.2) is 0 Å². The van der Waals surface area contributed by atoms with Crippen LogP contribution in [-0.2, 0) is 11.2 Å². The molecule has 1 aliphatic heterocycles. The molecule has 160 valence electrons. The molecular weight excluding hydrogens is 386 g/mol. The van der Waals surface area contributed by atoms with E-state index in [-0.39, 0.29) is 0 Å². The van der Waals surface area contributed by atoms with Gasteiger partial charge >= 0.3 is 0 Å². The molecule has 1 aromatic carbocycles. The van der Waals surface area contributed by atoms with E-state index < -0.39 is 0 Å². The van der Waals surface area contributed by atoms with Crippen LogP contribution in [0.2, 0.25) is 0 Å². The number of hydrogen-bond acceptors (Lipinski definition) is 5. The van der Waals surface area contributed by atoms with E-state index in [4.69, 9.17) is 4.74 Å². The molecular formula is C25H29N5O. The summed E-state index contributed by atoms with van der Waals surface area (Å²) in [6, 6.07) is 12.8. The van der Waals surface area contributed by atoms with Crippen molar-refractivity contribution in [3.63, 3.8) is 0 Å². The minimum Gasteiger partial charge on any atom is -0.380 e. The third kappa shape index (κ3) is 4.77. The Morgan fingerprint density at radius 3 is 2.68 bits per heavy atom. The van der Waals surface area contributed by atoms with Crippen LogP contribution in [0.5, 0.6) is 0 Å². The van der Waals surface area contributed by atoms with E-state index in [9.17, 15) is 0 Å². The highest BCUT2D eigenvalue weighted by Crippen LogP contribution is 2.29. The summed E-state index contributed by atoms with van der Waals surface area (Å²) in [5.41, 5.74) is 5.66. The molecule has 0 amide bonds. The highest BCUT2D eigenvalue weighted by Gasteiger charge is 2.09. The summed E-state index contributed by atoms with van der Waals surface area (Å²) in [6.07, 6.45) is 7.66. The highest BCUT2D eigenvalue weighted by molar-refractivity contribution is 6.07. The molecule has 0 radical (unpaired) electrons. The Hall–Kier alpha value is -2.80. The second kappa shape index (κ2) is 9.56. The number of aryl methyl sites for hydroxylation is 1. The highest BCUT2D eigenvalue weighted by atomic mass is 16.5. The predicted octanol–water partition coefficient (Wildman–Crippen LogP) is 3.63. The zero-order valence-corrected chi connectivity index (χ0v) is 17.8. The molecule has 5 rings (SSSR count). The van der Waals surface area contributed by atoms with Crippen molar-refractivity contribution in [3.05, 3.63) is 60.7 Å². The molecule has 4 heterocycles. The lowest BCUT2D eigenvalue weighted by Gasteiger charge is -2.26. The molecule has 1 fully saturated rings. The Balaban J connectivity index is 1.13. The van der Waals surface area contributed by atoms with Crippen LogP contribution in [0.15, 0.2) is 55.0 Å². The van der Waals surface area contributed by atoms with Crippen molar-refractivity contribution in [1.29, 1.82) is 0 Å². The summed E-state index contributed by atoms with van der Waals surface area (Å²) in [5, 5.41) is 5.74. The van der Waals surface area contributed by atoms with Gasteiger partial charge in [0.1, 0.15) is 0 Å². The lowest BCUT2D eigenvalue weighted by molar-refractivity contribution is 0.0975. The summed E-state index contributed by atoms with van der Waals surface area (Å²) < 4.78 is 5.82.